The summed E-state index contributed by atoms with van der Waals surface area (Å²) in [6.07, 6.45) is 0.481. The summed E-state index contributed by atoms with van der Waals surface area (Å²) in [5.74, 6) is -0.664. The first-order valence-corrected chi connectivity index (χ1v) is 8.56. The lowest BCUT2D eigenvalue weighted by atomic mass is 10.1. The van der Waals surface area contributed by atoms with Gasteiger partial charge in [-0.2, -0.15) is 0 Å². The first-order chi connectivity index (χ1) is 11.5. The lowest BCUT2D eigenvalue weighted by Crippen LogP contribution is -2.25. The van der Waals surface area contributed by atoms with Crippen molar-refractivity contribution < 1.29 is 14.3 Å². The second kappa shape index (κ2) is 8.84. The normalized spacial score (nSPS) is 10.3. The standard InChI is InChI=1S/C17H19FIN3O2/c1-20-12-4-5-13(17(24)21-7-2-8-23)16(10-12)22-15-6-3-11(19)9-14(15)18/h3-6,9-10,20,22-23H,2,7-8H2,1H3,(H,21,24). The minimum atomic E-state index is -0.386. The predicted molar refractivity (Wildman–Crippen MR) is 102 cm³/mol. The van der Waals surface area contributed by atoms with Crippen LogP contribution in [-0.4, -0.2) is 31.2 Å². The molecule has 24 heavy (non-hydrogen) atoms. The second-order valence-electron chi connectivity index (χ2n) is 5.09. The summed E-state index contributed by atoms with van der Waals surface area (Å²) in [5.41, 5.74) is 2.01. The van der Waals surface area contributed by atoms with Crippen molar-refractivity contribution in [2.24, 2.45) is 0 Å². The summed E-state index contributed by atoms with van der Waals surface area (Å²) in [6.45, 7) is 0.387. The van der Waals surface area contributed by atoms with Crippen LogP contribution in [0.1, 0.15) is 16.8 Å². The largest absolute Gasteiger partial charge is 0.396 e. The number of anilines is 3. The summed E-state index contributed by atoms with van der Waals surface area (Å²) in [7, 11) is 1.77. The van der Waals surface area contributed by atoms with E-state index in [1.54, 1.807) is 37.4 Å². The van der Waals surface area contributed by atoms with E-state index in [0.29, 0.717) is 29.9 Å². The van der Waals surface area contributed by atoms with Crippen molar-refractivity contribution in [3.63, 3.8) is 0 Å². The number of carbonyl (C=O) groups is 1. The van der Waals surface area contributed by atoms with E-state index in [9.17, 15) is 9.18 Å². The molecular formula is C17H19FIN3O2. The van der Waals surface area contributed by atoms with E-state index in [-0.39, 0.29) is 18.3 Å². The number of aliphatic hydroxyl groups is 1. The van der Waals surface area contributed by atoms with Gasteiger partial charge in [-0.3, -0.25) is 4.79 Å². The third-order valence-electron chi connectivity index (χ3n) is 3.37. The monoisotopic (exact) mass is 443 g/mol. The molecule has 1 amide bonds. The van der Waals surface area contributed by atoms with Gasteiger partial charge in [0.1, 0.15) is 5.82 Å². The molecule has 0 heterocycles. The highest BCUT2D eigenvalue weighted by Crippen LogP contribution is 2.27. The van der Waals surface area contributed by atoms with Crippen LogP contribution >= 0.6 is 22.6 Å². The van der Waals surface area contributed by atoms with Gasteiger partial charge in [-0.1, -0.05) is 0 Å². The number of nitrogens with one attached hydrogen (secondary N) is 3. The number of aliphatic hydroxyl groups excluding tert-OH is 1. The summed E-state index contributed by atoms with van der Waals surface area (Å²) in [4.78, 5) is 12.3. The number of carbonyl (C=O) groups excluding carboxylic acids is 1. The Labute approximate surface area is 153 Å². The zero-order chi connectivity index (χ0) is 17.5. The summed E-state index contributed by atoms with van der Waals surface area (Å²) < 4.78 is 14.9. The molecule has 0 atom stereocenters. The van der Waals surface area contributed by atoms with Gasteiger partial charge in [0.15, 0.2) is 0 Å². The number of hydrogen-bond acceptors (Lipinski definition) is 4. The average Bonchev–Trinajstić information content (AvgIpc) is 2.57. The maximum atomic E-state index is 14.1. The molecule has 2 rings (SSSR count). The van der Waals surface area contributed by atoms with E-state index in [1.807, 2.05) is 22.6 Å². The fraction of sp³-hybridized carbons (Fsp3) is 0.235. The van der Waals surface area contributed by atoms with Crippen molar-refractivity contribution >= 4 is 45.6 Å². The summed E-state index contributed by atoms with van der Waals surface area (Å²) in [6, 6.07) is 10.0. The van der Waals surface area contributed by atoms with E-state index in [4.69, 9.17) is 5.11 Å². The first-order valence-electron chi connectivity index (χ1n) is 7.48. The van der Waals surface area contributed by atoms with Gasteiger partial charge in [0.25, 0.3) is 5.91 Å². The van der Waals surface area contributed by atoms with Crippen LogP contribution in [0.25, 0.3) is 0 Å². The fourth-order valence-electron chi connectivity index (χ4n) is 2.11. The van der Waals surface area contributed by atoms with Gasteiger partial charge in [0.05, 0.1) is 16.9 Å². The number of rotatable bonds is 7. The molecule has 2 aromatic rings. The molecule has 0 saturated carbocycles. The number of hydrogen-bond donors (Lipinski definition) is 4. The Balaban J connectivity index is 2.30. The minimum Gasteiger partial charge on any atom is -0.396 e. The molecule has 0 aliphatic carbocycles. The van der Waals surface area contributed by atoms with Gasteiger partial charge in [-0.25, -0.2) is 4.39 Å². The maximum Gasteiger partial charge on any atom is 0.253 e. The highest BCUT2D eigenvalue weighted by atomic mass is 127. The summed E-state index contributed by atoms with van der Waals surface area (Å²) >= 11 is 2.04. The van der Waals surface area contributed by atoms with Crippen LogP contribution in [0.4, 0.5) is 21.5 Å². The van der Waals surface area contributed by atoms with Crippen molar-refractivity contribution in [2.45, 2.75) is 6.42 Å². The zero-order valence-corrected chi connectivity index (χ0v) is 15.4. The third-order valence-corrected chi connectivity index (χ3v) is 4.04. The van der Waals surface area contributed by atoms with Crippen LogP contribution in [0, 0.1) is 9.39 Å². The van der Waals surface area contributed by atoms with Crippen LogP contribution < -0.4 is 16.0 Å². The molecule has 5 nitrogen and oxygen atoms in total. The molecule has 0 aromatic heterocycles. The Bertz CT molecular complexity index is 725. The molecular weight excluding hydrogens is 424 g/mol. The minimum absolute atomic E-state index is 0.0118. The van der Waals surface area contributed by atoms with Crippen LogP contribution in [0.5, 0.6) is 0 Å². The van der Waals surface area contributed by atoms with Crippen molar-refractivity contribution in [3.8, 4) is 0 Å². The van der Waals surface area contributed by atoms with Crippen LogP contribution in [0.2, 0.25) is 0 Å². The summed E-state index contributed by atoms with van der Waals surface area (Å²) in [5, 5.41) is 17.5. The Hall–Kier alpha value is -1.87. The lowest BCUT2D eigenvalue weighted by Gasteiger charge is -2.14. The van der Waals surface area contributed by atoms with Crippen molar-refractivity contribution in [1.29, 1.82) is 0 Å². The van der Waals surface area contributed by atoms with Crippen molar-refractivity contribution in [3.05, 3.63) is 51.3 Å². The highest BCUT2D eigenvalue weighted by molar-refractivity contribution is 14.1. The Kier molecular flexibility index (Phi) is 6.80. The maximum absolute atomic E-state index is 14.1. The molecule has 0 spiro atoms. The third kappa shape index (κ3) is 4.81. The van der Waals surface area contributed by atoms with E-state index < -0.39 is 0 Å². The van der Waals surface area contributed by atoms with Crippen LogP contribution in [-0.2, 0) is 0 Å². The number of amides is 1. The topological polar surface area (TPSA) is 73.4 Å². The van der Waals surface area contributed by atoms with Gasteiger partial charge < -0.3 is 21.1 Å². The molecule has 4 N–H and O–H groups in total. The second-order valence-corrected chi connectivity index (χ2v) is 6.34. The van der Waals surface area contributed by atoms with E-state index in [0.717, 1.165) is 9.26 Å². The molecule has 0 radical (unpaired) electrons. The fourth-order valence-corrected chi connectivity index (χ4v) is 2.57. The first kappa shape index (κ1) is 18.5. The number of halogens is 2. The molecule has 0 aliphatic heterocycles. The lowest BCUT2D eigenvalue weighted by molar-refractivity contribution is 0.0952. The van der Waals surface area contributed by atoms with Crippen LogP contribution in [0.3, 0.4) is 0 Å². The van der Waals surface area contributed by atoms with Gasteiger partial charge >= 0.3 is 0 Å². The molecule has 128 valence electrons. The Morgan fingerprint density at radius 1 is 1.21 bits per heavy atom. The van der Waals surface area contributed by atoms with E-state index in [2.05, 4.69) is 16.0 Å². The van der Waals surface area contributed by atoms with Gasteiger partial charge in [-0.15, -0.1) is 0 Å². The molecule has 0 fully saturated rings. The molecule has 0 bridgehead atoms. The molecule has 0 aliphatic rings. The van der Waals surface area contributed by atoms with E-state index >= 15 is 0 Å². The highest BCUT2D eigenvalue weighted by Gasteiger charge is 2.13. The predicted octanol–water partition coefficient (Wildman–Crippen LogP) is 3.33. The SMILES string of the molecule is CNc1ccc(C(=O)NCCCO)c(Nc2ccc(I)cc2F)c1. The quantitative estimate of drug-likeness (QED) is 0.392. The molecule has 2 aromatic carbocycles. The molecule has 7 heteroatoms. The Morgan fingerprint density at radius 2 is 2.00 bits per heavy atom. The number of benzene rings is 2. The van der Waals surface area contributed by atoms with Crippen molar-refractivity contribution in [2.75, 3.05) is 30.8 Å². The molecule has 0 saturated heterocycles. The average molecular weight is 443 g/mol. The van der Waals surface area contributed by atoms with Gasteiger partial charge in [-0.05, 0) is 65.4 Å². The van der Waals surface area contributed by atoms with Crippen molar-refractivity contribution in [1.82, 2.24) is 5.32 Å². The molecule has 0 unspecified atom stereocenters. The smallest absolute Gasteiger partial charge is 0.253 e. The Morgan fingerprint density at radius 3 is 2.67 bits per heavy atom. The van der Waals surface area contributed by atoms with E-state index in [1.165, 1.54) is 6.07 Å². The van der Waals surface area contributed by atoms with Gasteiger partial charge in [0.2, 0.25) is 0 Å². The zero-order valence-electron chi connectivity index (χ0n) is 13.2. The van der Waals surface area contributed by atoms with Crippen LogP contribution in [0.15, 0.2) is 36.4 Å². The van der Waals surface area contributed by atoms with Gasteiger partial charge in [0, 0.05) is 29.5 Å².